The van der Waals surface area contributed by atoms with E-state index in [2.05, 4.69) is 32.0 Å². The van der Waals surface area contributed by atoms with Gasteiger partial charge in [0.25, 0.3) is 0 Å². The fourth-order valence-electron chi connectivity index (χ4n) is 4.09. The van der Waals surface area contributed by atoms with E-state index in [0.717, 1.165) is 27.9 Å². The standard InChI is InChI=1S/C29H27NO2/c1-21-13-18-27(22(2)19-21)28(24-9-5-3-6-10-24)29(32)30(25-11-7-4-8-12-25)20-23-14-16-26(31)17-15-23/h3-19,28,31H,20H2,1-2H3. The Bertz CT molecular complexity index is 1190. The van der Waals surface area contributed by atoms with E-state index in [9.17, 15) is 9.90 Å². The Labute approximate surface area is 189 Å². The lowest BCUT2D eigenvalue weighted by molar-refractivity contribution is -0.119. The van der Waals surface area contributed by atoms with Crippen molar-refractivity contribution in [2.75, 3.05) is 4.90 Å². The minimum absolute atomic E-state index is 0.0161. The van der Waals surface area contributed by atoms with Crippen LogP contribution in [0.1, 0.15) is 33.7 Å². The maximum absolute atomic E-state index is 14.2. The lowest BCUT2D eigenvalue weighted by Gasteiger charge is -2.29. The maximum atomic E-state index is 14.2. The van der Waals surface area contributed by atoms with Gasteiger partial charge in [0, 0.05) is 5.69 Å². The van der Waals surface area contributed by atoms with Crippen molar-refractivity contribution in [2.45, 2.75) is 26.3 Å². The van der Waals surface area contributed by atoms with Gasteiger partial charge >= 0.3 is 0 Å². The SMILES string of the molecule is Cc1ccc(C(C(=O)N(Cc2ccc(O)cc2)c2ccccc2)c2ccccc2)c(C)c1. The first-order valence-electron chi connectivity index (χ1n) is 10.8. The zero-order valence-electron chi connectivity index (χ0n) is 18.4. The molecule has 160 valence electrons. The molecule has 32 heavy (non-hydrogen) atoms. The summed E-state index contributed by atoms with van der Waals surface area (Å²) in [4.78, 5) is 16.1. The molecule has 0 saturated heterocycles. The molecule has 0 bridgehead atoms. The Morgan fingerprint density at radius 2 is 1.44 bits per heavy atom. The molecule has 1 N–H and O–H groups in total. The Balaban J connectivity index is 1.81. The summed E-state index contributed by atoms with van der Waals surface area (Å²) in [6.07, 6.45) is 0. The van der Waals surface area contributed by atoms with Crippen LogP contribution in [0.15, 0.2) is 103 Å². The van der Waals surface area contributed by atoms with E-state index < -0.39 is 5.92 Å². The molecule has 0 heterocycles. The molecule has 0 aromatic heterocycles. The van der Waals surface area contributed by atoms with Crippen molar-refractivity contribution >= 4 is 11.6 Å². The van der Waals surface area contributed by atoms with Gasteiger partial charge in [-0.15, -0.1) is 0 Å². The molecule has 3 heteroatoms. The molecule has 0 saturated carbocycles. The molecule has 4 aromatic carbocycles. The number of carbonyl (C=O) groups is 1. The molecule has 0 aliphatic rings. The quantitative estimate of drug-likeness (QED) is 0.393. The average Bonchev–Trinajstić information content (AvgIpc) is 2.81. The van der Waals surface area contributed by atoms with Crippen molar-refractivity contribution in [3.63, 3.8) is 0 Å². The summed E-state index contributed by atoms with van der Waals surface area (Å²) in [5, 5.41) is 9.67. The summed E-state index contributed by atoms with van der Waals surface area (Å²) >= 11 is 0. The lowest BCUT2D eigenvalue weighted by atomic mass is 9.86. The van der Waals surface area contributed by atoms with E-state index in [0.29, 0.717) is 6.54 Å². The maximum Gasteiger partial charge on any atom is 0.239 e. The third-order valence-electron chi connectivity index (χ3n) is 5.73. The van der Waals surface area contributed by atoms with Crippen LogP contribution in [0.25, 0.3) is 0 Å². The minimum atomic E-state index is -0.422. The van der Waals surface area contributed by atoms with Crippen LogP contribution >= 0.6 is 0 Å². The second-order valence-corrected chi connectivity index (χ2v) is 8.13. The second kappa shape index (κ2) is 9.52. The van der Waals surface area contributed by atoms with Crippen molar-refractivity contribution in [3.05, 3.63) is 131 Å². The molecule has 4 aromatic rings. The molecule has 4 rings (SSSR count). The normalized spacial score (nSPS) is 11.7. The van der Waals surface area contributed by atoms with Gasteiger partial charge < -0.3 is 10.0 Å². The Kier molecular flexibility index (Phi) is 6.37. The smallest absolute Gasteiger partial charge is 0.239 e. The first-order chi connectivity index (χ1) is 15.5. The van der Waals surface area contributed by atoms with Gasteiger partial charge in [0.15, 0.2) is 0 Å². The molecule has 0 fully saturated rings. The van der Waals surface area contributed by atoms with E-state index >= 15 is 0 Å². The number of nitrogens with zero attached hydrogens (tertiary/aromatic N) is 1. The summed E-state index contributed by atoms with van der Waals surface area (Å²) < 4.78 is 0. The van der Waals surface area contributed by atoms with Gasteiger partial charge in [-0.2, -0.15) is 0 Å². The van der Waals surface area contributed by atoms with Crippen LogP contribution in [0.3, 0.4) is 0 Å². The topological polar surface area (TPSA) is 40.5 Å². The highest BCUT2D eigenvalue weighted by atomic mass is 16.3. The van der Waals surface area contributed by atoms with Crippen LogP contribution in [0.5, 0.6) is 5.75 Å². The number of para-hydroxylation sites is 1. The van der Waals surface area contributed by atoms with Gasteiger partial charge in [0.05, 0.1) is 12.5 Å². The lowest BCUT2D eigenvalue weighted by Crippen LogP contribution is -2.35. The van der Waals surface area contributed by atoms with Crippen molar-refractivity contribution in [3.8, 4) is 5.75 Å². The number of hydrogen-bond acceptors (Lipinski definition) is 2. The zero-order valence-corrected chi connectivity index (χ0v) is 18.4. The minimum Gasteiger partial charge on any atom is -0.508 e. The Morgan fingerprint density at radius 1 is 0.812 bits per heavy atom. The summed E-state index contributed by atoms with van der Waals surface area (Å²) in [6.45, 7) is 4.55. The summed E-state index contributed by atoms with van der Waals surface area (Å²) in [7, 11) is 0. The van der Waals surface area contributed by atoms with Gasteiger partial charge in [-0.25, -0.2) is 0 Å². The number of carbonyl (C=O) groups excluding carboxylic acids is 1. The predicted octanol–water partition coefficient (Wildman–Crippen LogP) is 6.37. The van der Waals surface area contributed by atoms with E-state index in [-0.39, 0.29) is 11.7 Å². The number of amides is 1. The number of benzene rings is 4. The van der Waals surface area contributed by atoms with Crippen molar-refractivity contribution in [1.29, 1.82) is 0 Å². The van der Waals surface area contributed by atoms with Gasteiger partial charge in [-0.3, -0.25) is 4.79 Å². The third kappa shape index (κ3) is 4.73. The molecule has 0 aliphatic carbocycles. The highest BCUT2D eigenvalue weighted by Crippen LogP contribution is 2.32. The number of anilines is 1. The first kappa shape index (κ1) is 21.4. The van der Waals surface area contributed by atoms with Gasteiger partial charge in [0.1, 0.15) is 5.75 Å². The second-order valence-electron chi connectivity index (χ2n) is 8.13. The third-order valence-corrected chi connectivity index (χ3v) is 5.73. The van der Waals surface area contributed by atoms with Crippen molar-refractivity contribution in [2.24, 2.45) is 0 Å². The fourth-order valence-corrected chi connectivity index (χ4v) is 4.09. The number of hydrogen-bond donors (Lipinski definition) is 1. The number of aromatic hydroxyl groups is 1. The molecular weight excluding hydrogens is 394 g/mol. The van der Waals surface area contributed by atoms with E-state index in [1.165, 1.54) is 5.56 Å². The average molecular weight is 422 g/mol. The van der Waals surface area contributed by atoms with Crippen LogP contribution < -0.4 is 4.90 Å². The van der Waals surface area contributed by atoms with Crippen molar-refractivity contribution < 1.29 is 9.90 Å². The Hall–Kier alpha value is -3.85. The number of phenolic OH excluding ortho intramolecular Hbond substituents is 1. The molecule has 3 nitrogen and oxygen atoms in total. The van der Waals surface area contributed by atoms with E-state index in [1.54, 1.807) is 12.1 Å². The van der Waals surface area contributed by atoms with Crippen LogP contribution in [0, 0.1) is 13.8 Å². The molecule has 0 radical (unpaired) electrons. The van der Waals surface area contributed by atoms with Crippen LogP contribution in [0.2, 0.25) is 0 Å². The monoisotopic (exact) mass is 421 g/mol. The molecule has 0 aliphatic heterocycles. The van der Waals surface area contributed by atoms with Gasteiger partial charge in [-0.1, -0.05) is 84.4 Å². The Morgan fingerprint density at radius 3 is 2.06 bits per heavy atom. The fraction of sp³-hybridized carbons (Fsp3) is 0.138. The van der Waals surface area contributed by atoms with E-state index in [4.69, 9.17) is 0 Å². The van der Waals surface area contributed by atoms with Crippen LogP contribution in [-0.2, 0) is 11.3 Å². The highest BCUT2D eigenvalue weighted by molar-refractivity contribution is 6.00. The van der Waals surface area contributed by atoms with Crippen molar-refractivity contribution in [1.82, 2.24) is 0 Å². The van der Waals surface area contributed by atoms with Crippen LogP contribution in [0.4, 0.5) is 5.69 Å². The molecule has 1 unspecified atom stereocenters. The molecule has 1 atom stereocenters. The zero-order chi connectivity index (χ0) is 22.5. The van der Waals surface area contributed by atoms with Crippen LogP contribution in [-0.4, -0.2) is 11.0 Å². The number of aryl methyl sites for hydroxylation is 2. The summed E-state index contributed by atoms with van der Waals surface area (Å²) in [5.74, 6) is -0.194. The summed E-state index contributed by atoms with van der Waals surface area (Å²) in [5.41, 5.74) is 6.05. The van der Waals surface area contributed by atoms with Gasteiger partial charge in [0.2, 0.25) is 5.91 Å². The number of rotatable bonds is 6. The molecule has 1 amide bonds. The molecule has 0 spiro atoms. The van der Waals surface area contributed by atoms with E-state index in [1.807, 2.05) is 77.7 Å². The predicted molar refractivity (Wildman–Crippen MR) is 130 cm³/mol. The first-order valence-corrected chi connectivity index (χ1v) is 10.8. The molecular formula is C29H27NO2. The highest BCUT2D eigenvalue weighted by Gasteiger charge is 2.29. The summed E-state index contributed by atoms with van der Waals surface area (Å²) in [6, 6.07) is 33.0. The number of phenols is 1. The van der Waals surface area contributed by atoms with Gasteiger partial charge in [-0.05, 0) is 60.4 Å². The largest absolute Gasteiger partial charge is 0.508 e.